The van der Waals surface area contributed by atoms with Gasteiger partial charge in [0.25, 0.3) is 5.91 Å². The second-order valence-electron chi connectivity index (χ2n) is 7.34. The number of carbonyl (C=O) groups is 1. The zero-order valence-electron chi connectivity index (χ0n) is 17.5. The summed E-state index contributed by atoms with van der Waals surface area (Å²) in [6.45, 7) is 7.00. The van der Waals surface area contributed by atoms with Gasteiger partial charge in [-0.3, -0.25) is 15.1 Å². The van der Waals surface area contributed by atoms with Crippen molar-refractivity contribution in [2.45, 2.75) is 33.2 Å². The topological polar surface area (TPSA) is 71.8 Å². The van der Waals surface area contributed by atoms with Crippen molar-refractivity contribution in [1.29, 1.82) is 0 Å². The van der Waals surface area contributed by atoms with Crippen LogP contribution in [0.15, 0.2) is 53.6 Å². The van der Waals surface area contributed by atoms with Crippen molar-refractivity contribution in [1.82, 2.24) is 9.55 Å². The van der Waals surface area contributed by atoms with Gasteiger partial charge in [-0.1, -0.05) is 12.1 Å². The van der Waals surface area contributed by atoms with E-state index in [1.165, 1.54) is 0 Å². The number of hydrogen-bond acceptors (Lipinski definition) is 5. The summed E-state index contributed by atoms with van der Waals surface area (Å²) in [5.41, 5.74) is 4.57. The predicted molar refractivity (Wildman–Crippen MR) is 120 cm³/mol. The average molecular weight is 406 g/mol. The molecule has 1 aromatic heterocycles. The normalized spacial score (nSPS) is 13.7. The molecule has 1 N–H and O–H groups in total. The summed E-state index contributed by atoms with van der Waals surface area (Å²) in [5, 5.41) is 9.46. The highest BCUT2D eigenvalue weighted by atomic mass is 16.5. The number of nitrogens with zero attached hydrogens (tertiary/aromatic N) is 4. The van der Waals surface area contributed by atoms with Crippen molar-refractivity contribution in [2.24, 2.45) is 5.10 Å². The van der Waals surface area contributed by atoms with Crippen LogP contribution in [-0.4, -0.2) is 40.9 Å². The van der Waals surface area contributed by atoms with Crippen LogP contribution in [0.2, 0.25) is 0 Å². The van der Waals surface area contributed by atoms with E-state index in [1.54, 1.807) is 0 Å². The maximum Gasteiger partial charge on any atom is 0.257 e. The zero-order chi connectivity index (χ0) is 20.9. The summed E-state index contributed by atoms with van der Waals surface area (Å²) in [6, 6.07) is 15.4. The Kier molecular flexibility index (Phi) is 6.09. The van der Waals surface area contributed by atoms with Gasteiger partial charge >= 0.3 is 0 Å². The molecule has 0 saturated carbocycles. The van der Waals surface area contributed by atoms with Gasteiger partial charge in [0, 0.05) is 44.0 Å². The molecule has 7 nitrogen and oxygen atoms in total. The van der Waals surface area contributed by atoms with Crippen molar-refractivity contribution in [3.05, 3.63) is 54.1 Å². The van der Waals surface area contributed by atoms with Crippen molar-refractivity contribution < 1.29 is 9.53 Å². The van der Waals surface area contributed by atoms with E-state index in [0.717, 1.165) is 48.4 Å². The molecule has 2 heterocycles. The SMILES string of the molecule is CCOCCCn1c(NC(=O)c2ccc(N3CCC(C)=N3)cc2)nc2ccccc21. The Hall–Kier alpha value is -3.19. The van der Waals surface area contributed by atoms with Crippen molar-refractivity contribution in [3.8, 4) is 0 Å². The van der Waals surface area contributed by atoms with Crippen LogP contribution in [0.1, 0.15) is 37.0 Å². The van der Waals surface area contributed by atoms with Gasteiger partial charge in [0.2, 0.25) is 5.95 Å². The van der Waals surface area contributed by atoms with Crippen LogP contribution in [0, 0.1) is 0 Å². The number of anilines is 2. The Morgan fingerprint density at radius 1 is 1.17 bits per heavy atom. The molecule has 0 unspecified atom stereocenters. The third-order valence-electron chi connectivity index (χ3n) is 5.16. The standard InChI is InChI=1S/C23H27N5O2/c1-3-30-16-6-14-27-21-8-5-4-7-20(21)24-23(27)25-22(29)18-9-11-19(12-10-18)28-15-13-17(2)26-28/h4-5,7-12H,3,6,13-16H2,1-2H3,(H,24,25,29). The lowest BCUT2D eigenvalue weighted by Crippen LogP contribution is -2.17. The number of para-hydroxylation sites is 2. The van der Waals surface area contributed by atoms with Gasteiger partial charge < -0.3 is 9.30 Å². The van der Waals surface area contributed by atoms with Crippen LogP contribution >= 0.6 is 0 Å². The molecule has 1 aliphatic rings. The van der Waals surface area contributed by atoms with Crippen LogP contribution in [-0.2, 0) is 11.3 Å². The smallest absolute Gasteiger partial charge is 0.257 e. The largest absolute Gasteiger partial charge is 0.382 e. The summed E-state index contributed by atoms with van der Waals surface area (Å²) >= 11 is 0. The van der Waals surface area contributed by atoms with Gasteiger partial charge in [0.1, 0.15) is 0 Å². The third-order valence-corrected chi connectivity index (χ3v) is 5.16. The minimum atomic E-state index is -0.177. The van der Waals surface area contributed by atoms with E-state index in [2.05, 4.69) is 15.4 Å². The fourth-order valence-electron chi connectivity index (χ4n) is 3.59. The quantitative estimate of drug-likeness (QED) is 0.567. The molecule has 30 heavy (non-hydrogen) atoms. The van der Waals surface area contributed by atoms with Crippen LogP contribution in [0.25, 0.3) is 11.0 Å². The number of aromatic nitrogens is 2. The van der Waals surface area contributed by atoms with Crippen LogP contribution in [0.3, 0.4) is 0 Å². The first-order chi connectivity index (χ1) is 14.7. The molecule has 0 aliphatic carbocycles. The Morgan fingerprint density at radius 3 is 2.70 bits per heavy atom. The number of carbonyl (C=O) groups excluding carboxylic acids is 1. The van der Waals surface area contributed by atoms with Crippen LogP contribution in [0.5, 0.6) is 0 Å². The molecule has 0 atom stereocenters. The number of nitrogens with one attached hydrogen (secondary N) is 1. The number of imidazole rings is 1. The number of ether oxygens (including phenoxy) is 1. The van der Waals surface area contributed by atoms with E-state index in [0.29, 0.717) is 24.7 Å². The summed E-state index contributed by atoms with van der Waals surface area (Å²) in [4.78, 5) is 17.5. The lowest BCUT2D eigenvalue weighted by Gasteiger charge is -2.14. The molecule has 0 saturated heterocycles. The van der Waals surface area contributed by atoms with E-state index in [9.17, 15) is 4.79 Å². The predicted octanol–water partition coefficient (Wildman–Crippen LogP) is 4.30. The number of aryl methyl sites for hydroxylation is 1. The molecule has 0 spiro atoms. The Labute approximate surface area is 176 Å². The Morgan fingerprint density at radius 2 is 1.97 bits per heavy atom. The van der Waals surface area contributed by atoms with E-state index >= 15 is 0 Å². The van der Waals surface area contributed by atoms with Gasteiger partial charge in [0.15, 0.2) is 0 Å². The number of fused-ring (bicyclic) bond motifs is 1. The number of hydrogen-bond donors (Lipinski definition) is 1. The second-order valence-corrected chi connectivity index (χ2v) is 7.34. The molecule has 4 rings (SSSR count). The zero-order valence-corrected chi connectivity index (χ0v) is 17.5. The first-order valence-corrected chi connectivity index (χ1v) is 10.4. The van der Waals surface area contributed by atoms with E-state index in [4.69, 9.17) is 4.74 Å². The number of rotatable bonds is 8. The van der Waals surface area contributed by atoms with Crippen LogP contribution in [0.4, 0.5) is 11.6 Å². The van der Waals surface area contributed by atoms with Gasteiger partial charge in [-0.15, -0.1) is 0 Å². The highest BCUT2D eigenvalue weighted by Crippen LogP contribution is 2.22. The van der Waals surface area contributed by atoms with E-state index in [1.807, 2.05) is 72.0 Å². The summed E-state index contributed by atoms with van der Waals surface area (Å²) in [7, 11) is 0. The first kappa shape index (κ1) is 20.1. The molecule has 0 bridgehead atoms. The molecule has 7 heteroatoms. The number of hydrazone groups is 1. The minimum absolute atomic E-state index is 0.177. The van der Waals surface area contributed by atoms with Gasteiger partial charge in [-0.2, -0.15) is 5.10 Å². The van der Waals surface area contributed by atoms with Gasteiger partial charge in [-0.05, 0) is 56.7 Å². The monoisotopic (exact) mass is 405 g/mol. The molecule has 156 valence electrons. The maximum absolute atomic E-state index is 12.9. The summed E-state index contributed by atoms with van der Waals surface area (Å²) in [6.07, 6.45) is 1.82. The van der Waals surface area contributed by atoms with Crippen molar-refractivity contribution in [3.63, 3.8) is 0 Å². The van der Waals surface area contributed by atoms with Crippen LogP contribution < -0.4 is 10.3 Å². The van der Waals surface area contributed by atoms with Gasteiger partial charge in [0.05, 0.1) is 16.7 Å². The third kappa shape index (κ3) is 4.36. The molecule has 0 radical (unpaired) electrons. The highest BCUT2D eigenvalue weighted by molar-refractivity contribution is 6.04. The lowest BCUT2D eigenvalue weighted by molar-refractivity contribution is 0.102. The molecule has 1 aliphatic heterocycles. The Balaban J connectivity index is 1.51. The molecule has 1 amide bonds. The fraction of sp³-hybridized carbons (Fsp3) is 0.348. The van der Waals surface area contributed by atoms with Crippen molar-refractivity contribution in [2.75, 3.05) is 30.1 Å². The molecule has 3 aromatic rings. The molecular formula is C23H27N5O2. The fourth-order valence-corrected chi connectivity index (χ4v) is 3.59. The summed E-state index contributed by atoms with van der Waals surface area (Å²) < 4.78 is 7.50. The van der Waals surface area contributed by atoms with Crippen molar-refractivity contribution >= 4 is 34.3 Å². The highest BCUT2D eigenvalue weighted by Gasteiger charge is 2.16. The second kappa shape index (κ2) is 9.09. The molecule has 0 fully saturated rings. The number of benzene rings is 2. The minimum Gasteiger partial charge on any atom is -0.382 e. The summed E-state index contributed by atoms with van der Waals surface area (Å²) in [5.74, 6) is 0.380. The molecular weight excluding hydrogens is 378 g/mol. The number of amides is 1. The first-order valence-electron chi connectivity index (χ1n) is 10.4. The average Bonchev–Trinajstić information content (AvgIpc) is 3.35. The Bertz CT molecular complexity index is 1060. The van der Waals surface area contributed by atoms with Gasteiger partial charge in [-0.25, -0.2) is 4.98 Å². The molecule has 2 aromatic carbocycles. The maximum atomic E-state index is 12.9. The van der Waals surface area contributed by atoms with E-state index in [-0.39, 0.29) is 5.91 Å². The lowest BCUT2D eigenvalue weighted by atomic mass is 10.2. The van der Waals surface area contributed by atoms with E-state index < -0.39 is 0 Å².